The van der Waals surface area contributed by atoms with Crippen LogP contribution >= 0.6 is 0 Å². The molecule has 5 N–H and O–H groups in total. The Bertz CT molecular complexity index is 1120. The number of nitrogens with zero attached hydrogens (tertiary/aromatic N) is 2. The molecule has 0 bridgehead atoms. The van der Waals surface area contributed by atoms with Crippen LogP contribution in [-0.4, -0.2) is 62.8 Å². The van der Waals surface area contributed by atoms with Crippen LogP contribution in [0.3, 0.4) is 0 Å². The monoisotopic (exact) mass is 495 g/mol. The van der Waals surface area contributed by atoms with E-state index < -0.39 is 0 Å². The standard InChI is InChI=1S/C26H33N5O5/c1-32-24-5-3-19(17-25(24)35-15-14-34-13-9-27)30-26-29-10-6-22(31-26)18-2-4-23(21(28)16-18)36-20-7-11-33-12-8-20/h2-6,10,16-17,20H,7-9,11-15,27-28H2,1H3,(H,29,30,31). The summed E-state index contributed by atoms with van der Waals surface area (Å²) in [7, 11) is 1.60. The first-order valence-corrected chi connectivity index (χ1v) is 12.0. The van der Waals surface area contributed by atoms with Gasteiger partial charge in [0.25, 0.3) is 0 Å². The van der Waals surface area contributed by atoms with Crippen LogP contribution in [0.5, 0.6) is 17.2 Å². The van der Waals surface area contributed by atoms with E-state index in [2.05, 4.69) is 15.3 Å². The van der Waals surface area contributed by atoms with Gasteiger partial charge in [0.1, 0.15) is 18.5 Å². The van der Waals surface area contributed by atoms with Crippen molar-refractivity contribution in [3.8, 4) is 28.5 Å². The van der Waals surface area contributed by atoms with Crippen molar-refractivity contribution in [3.05, 3.63) is 48.7 Å². The minimum atomic E-state index is 0.124. The number of rotatable bonds is 12. The molecule has 10 heteroatoms. The third-order valence-corrected chi connectivity index (χ3v) is 5.59. The lowest BCUT2D eigenvalue weighted by molar-refractivity contribution is 0.0259. The van der Waals surface area contributed by atoms with Crippen molar-refractivity contribution in [1.29, 1.82) is 0 Å². The van der Waals surface area contributed by atoms with Crippen LogP contribution in [0.15, 0.2) is 48.7 Å². The zero-order valence-electron chi connectivity index (χ0n) is 20.4. The quantitative estimate of drug-likeness (QED) is 0.253. The maximum atomic E-state index is 6.29. The van der Waals surface area contributed by atoms with Crippen molar-refractivity contribution in [1.82, 2.24) is 9.97 Å². The highest BCUT2D eigenvalue weighted by Gasteiger charge is 2.17. The molecule has 0 unspecified atom stereocenters. The summed E-state index contributed by atoms with van der Waals surface area (Å²) in [5.41, 5.74) is 14.7. The number of hydrogen-bond donors (Lipinski definition) is 3. The van der Waals surface area contributed by atoms with Gasteiger partial charge in [-0.2, -0.15) is 0 Å². The lowest BCUT2D eigenvalue weighted by Gasteiger charge is -2.24. The van der Waals surface area contributed by atoms with Gasteiger partial charge in [-0.25, -0.2) is 9.97 Å². The summed E-state index contributed by atoms with van der Waals surface area (Å²) in [5.74, 6) is 2.32. The van der Waals surface area contributed by atoms with Gasteiger partial charge in [0, 0.05) is 42.9 Å². The van der Waals surface area contributed by atoms with Crippen molar-refractivity contribution in [2.45, 2.75) is 18.9 Å². The molecular weight excluding hydrogens is 462 g/mol. The van der Waals surface area contributed by atoms with Gasteiger partial charge in [0.2, 0.25) is 5.95 Å². The third-order valence-electron chi connectivity index (χ3n) is 5.59. The number of ether oxygens (including phenoxy) is 5. The lowest BCUT2D eigenvalue weighted by atomic mass is 10.1. The highest BCUT2D eigenvalue weighted by Crippen LogP contribution is 2.32. The number of anilines is 3. The molecular formula is C26H33N5O5. The van der Waals surface area contributed by atoms with E-state index in [1.165, 1.54) is 0 Å². The summed E-state index contributed by atoms with van der Waals surface area (Å²) >= 11 is 0. The fraction of sp³-hybridized carbons (Fsp3) is 0.385. The molecule has 2 heterocycles. The first kappa shape index (κ1) is 25.5. The minimum Gasteiger partial charge on any atom is -0.493 e. The average molecular weight is 496 g/mol. The summed E-state index contributed by atoms with van der Waals surface area (Å²) in [6.45, 7) is 3.21. The van der Waals surface area contributed by atoms with Crippen LogP contribution < -0.4 is 31.0 Å². The van der Waals surface area contributed by atoms with Crippen LogP contribution in [0.4, 0.5) is 17.3 Å². The van der Waals surface area contributed by atoms with Crippen molar-refractivity contribution in [2.24, 2.45) is 5.73 Å². The number of aromatic nitrogens is 2. The van der Waals surface area contributed by atoms with E-state index in [9.17, 15) is 0 Å². The van der Waals surface area contributed by atoms with Crippen molar-refractivity contribution in [3.63, 3.8) is 0 Å². The second kappa shape index (κ2) is 12.9. The van der Waals surface area contributed by atoms with Gasteiger partial charge in [-0.3, -0.25) is 0 Å². The van der Waals surface area contributed by atoms with E-state index in [-0.39, 0.29) is 6.10 Å². The summed E-state index contributed by atoms with van der Waals surface area (Å²) in [4.78, 5) is 9.01. The lowest BCUT2D eigenvalue weighted by Crippen LogP contribution is -2.26. The van der Waals surface area contributed by atoms with Crippen LogP contribution in [-0.2, 0) is 9.47 Å². The SMILES string of the molecule is COc1ccc(Nc2nccc(-c3ccc(OC4CCOCC4)c(N)c3)n2)cc1OCCOCCN. The van der Waals surface area contributed by atoms with Gasteiger partial charge < -0.3 is 40.5 Å². The zero-order valence-corrected chi connectivity index (χ0v) is 20.4. The average Bonchev–Trinajstić information content (AvgIpc) is 2.91. The van der Waals surface area contributed by atoms with Gasteiger partial charge in [-0.1, -0.05) is 0 Å². The normalized spacial score (nSPS) is 13.8. The van der Waals surface area contributed by atoms with Crippen molar-refractivity contribution >= 4 is 17.3 Å². The van der Waals surface area contributed by atoms with Crippen LogP contribution in [0.25, 0.3) is 11.3 Å². The first-order chi connectivity index (χ1) is 17.7. The van der Waals surface area contributed by atoms with Crippen molar-refractivity contribution in [2.75, 3.05) is 57.7 Å². The number of methoxy groups -OCH3 is 1. The van der Waals surface area contributed by atoms with Crippen LogP contribution in [0.1, 0.15) is 12.8 Å². The molecule has 0 aliphatic carbocycles. The van der Waals surface area contributed by atoms with Gasteiger partial charge in [0.05, 0.1) is 44.9 Å². The summed E-state index contributed by atoms with van der Waals surface area (Å²) in [6, 6.07) is 13.1. The van der Waals surface area contributed by atoms with Gasteiger partial charge >= 0.3 is 0 Å². The Labute approximate surface area is 210 Å². The number of nitrogens with one attached hydrogen (secondary N) is 1. The van der Waals surface area contributed by atoms with E-state index in [0.717, 1.165) is 29.8 Å². The molecule has 0 amide bonds. The van der Waals surface area contributed by atoms with Crippen molar-refractivity contribution < 1.29 is 23.7 Å². The molecule has 1 aliphatic rings. The predicted molar refractivity (Wildman–Crippen MR) is 138 cm³/mol. The molecule has 10 nitrogen and oxygen atoms in total. The Morgan fingerprint density at radius 1 is 1.00 bits per heavy atom. The fourth-order valence-corrected chi connectivity index (χ4v) is 3.76. The summed E-state index contributed by atoms with van der Waals surface area (Å²) in [5, 5.41) is 3.22. The fourth-order valence-electron chi connectivity index (χ4n) is 3.76. The van der Waals surface area contributed by atoms with E-state index in [4.69, 9.17) is 35.2 Å². The maximum Gasteiger partial charge on any atom is 0.227 e. The Morgan fingerprint density at radius 2 is 1.83 bits per heavy atom. The van der Waals surface area contributed by atoms with Gasteiger partial charge in [-0.15, -0.1) is 0 Å². The van der Waals surface area contributed by atoms with E-state index >= 15 is 0 Å². The molecule has 36 heavy (non-hydrogen) atoms. The van der Waals surface area contributed by atoms with E-state index in [0.29, 0.717) is 68.5 Å². The highest BCUT2D eigenvalue weighted by atomic mass is 16.5. The number of nitrogens with two attached hydrogens (primary N) is 2. The second-order valence-corrected chi connectivity index (χ2v) is 8.19. The second-order valence-electron chi connectivity index (χ2n) is 8.19. The molecule has 1 aromatic heterocycles. The molecule has 2 aromatic carbocycles. The zero-order chi connectivity index (χ0) is 25.2. The summed E-state index contributed by atoms with van der Waals surface area (Å²) < 4.78 is 28.1. The van der Waals surface area contributed by atoms with E-state index in [1.807, 2.05) is 42.5 Å². The molecule has 0 radical (unpaired) electrons. The molecule has 1 saturated heterocycles. The first-order valence-electron chi connectivity index (χ1n) is 12.0. The number of hydrogen-bond acceptors (Lipinski definition) is 10. The molecule has 1 aliphatic heterocycles. The molecule has 3 aromatic rings. The summed E-state index contributed by atoms with van der Waals surface area (Å²) in [6.07, 6.45) is 3.55. The molecule has 0 atom stereocenters. The van der Waals surface area contributed by atoms with Crippen LogP contribution in [0.2, 0.25) is 0 Å². The third kappa shape index (κ3) is 6.97. The molecule has 0 saturated carbocycles. The van der Waals surface area contributed by atoms with Crippen LogP contribution in [0, 0.1) is 0 Å². The predicted octanol–water partition coefficient (Wildman–Crippen LogP) is 3.39. The topological polar surface area (TPSA) is 136 Å². The Kier molecular flexibility index (Phi) is 9.15. The maximum absolute atomic E-state index is 6.29. The number of nitrogen functional groups attached to an aromatic ring is 1. The Morgan fingerprint density at radius 3 is 2.61 bits per heavy atom. The molecule has 1 fully saturated rings. The van der Waals surface area contributed by atoms with Gasteiger partial charge in [0.15, 0.2) is 11.5 Å². The van der Waals surface area contributed by atoms with Gasteiger partial charge in [-0.05, 0) is 36.4 Å². The Balaban J connectivity index is 1.43. The highest BCUT2D eigenvalue weighted by molar-refractivity contribution is 5.69. The molecule has 4 rings (SSSR count). The minimum absolute atomic E-state index is 0.124. The van der Waals surface area contributed by atoms with E-state index in [1.54, 1.807) is 13.3 Å². The number of benzene rings is 2. The Hall–Kier alpha value is -3.60. The largest absolute Gasteiger partial charge is 0.493 e. The molecule has 0 spiro atoms. The molecule has 192 valence electrons. The smallest absolute Gasteiger partial charge is 0.227 e.